The van der Waals surface area contributed by atoms with Gasteiger partial charge in [-0.2, -0.15) is 0 Å². The largest absolute Gasteiger partial charge is 0.493 e. The summed E-state index contributed by atoms with van der Waals surface area (Å²) >= 11 is 0. The molecular formula is C30H36O5. The summed E-state index contributed by atoms with van der Waals surface area (Å²) in [5, 5.41) is 8.86. The van der Waals surface area contributed by atoms with Crippen molar-refractivity contribution in [2.75, 3.05) is 13.2 Å². The standard InChI is InChI=1S/C30H36O5/c1-6-10-21(4)26(8-3)30(33)27-20-23(7-2)11-15-28(27)35-18-9-17-34-25-14-12-24(22(5)19-25)13-16-29(31)32/h6,8,10-12,14-15,19-20H,3,7,9,13,16-18H2,1-2,4-5H3,(H,31,32)/b10-6-,26-21+. The summed E-state index contributed by atoms with van der Waals surface area (Å²) in [5.41, 5.74) is 5.05. The van der Waals surface area contributed by atoms with Gasteiger partial charge < -0.3 is 14.6 Å². The lowest BCUT2D eigenvalue weighted by Crippen LogP contribution is -2.10. The van der Waals surface area contributed by atoms with Crippen molar-refractivity contribution >= 4 is 11.8 Å². The van der Waals surface area contributed by atoms with Crippen LogP contribution in [0.3, 0.4) is 0 Å². The van der Waals surface area contributed by atoms with Gasteiger partial charge in [0.2, 0.25) is 0 Å². The molecule has 186 valence electrons. The van der Waals surface area contributed by atoms with E-state index in [0.717, 1.165) is 34.4 Å². The Morgan fingerprint density at radius 2 is 1.83 bits per heavy atom. The van der Waals surface area contributed by atoms with Crippen LogP contribution in [0.2, 0.25) is 0 Å². The summed E-state index contributed by atoms with van der Waals surface area (Å²) in [7, 11) is 0. The number of ketones is 1. The minimum Gasteiger partial charge on any atom is -0.493 e. The van der Waals surface area contributed by atoms with Crippen molar-refractivity contribution in [3.8, 4) is 11.5 Å². The molecule has 0 unspecified atom stereocenters. The maximum Gasteiger partial charge on any atom is 0.303 e. The molecule has 2 aromatic rings. The SMILES string of the molecule is C=C/C(C(=O)c1cc(CC)ccc1OCCCOc1ccc(CCC(=O)O)c(C)c1)=C(C)\C=C/C. The molecule has 5 heteroatoms. The van der Waals surface area contributed by atoms with Gasteiger partial charge in [-0.1, -0.05) is 43.9 Å². The minimum absolute atomic E-state index is 0.101. The number of carbonyl (C=O) groups is 2. The normalized spacial score (nSPS) is 11.8. The van der Waals surface area contributed by atoms with Crippen LogP contribution in [-0.4, -0.2) is 30.1 Å². The molecule has 2 aromatic carbocycles. The first-order valence-electron chi connectivity index (χ1n) is 12.0. The summed E-state index contributed by atoms with van der Waals surface area (Å²) < 4.78 is 11.8. The number of carbonyl (C=O) groups excluding carboxylic acids is 1. The molecule has 0 aliphatic rings. The highest BCUT2D eigenvalue weighted by Gasteiger charge is 2.17. The molecule has 5 nitrogen and oxygen atoms in total. The summed E-state index contributed by atoms with van der Waals surface area (Å²) in [5.74, 6) is 0.391. The molecule has 0 saturated heterocycles. The number of Topliss-reactive ketones (excluding diaryl/α,β-unsaturated/α-hetero) is 1. The van der Waals surface area contributed by atoms with E-state index in [-0.39, 0.29) is 12.2 Å². The van der Waals surface area contributed by atoms with E-state index in [4.69, 9.17) is 14.6 Å². The molecule has 0 spiro atoms. The maximum absolute atomic E-state index is 13.3. The summed E-state index contributed by atoms with van der Waals surface area (Å²) in [6.07, 6.45) is 7.48. The maximum atomic E-state index is 13.3. The smallest absolute Gasteiger partial charge is 0.303 e. The minimum atomic E-state index is -0.802. The zero-order chi connectivity index (χ0) is 25.8. The topological polar surface area (TPSA) is 72.8 Å². The summed E-state index contributed by atoms with van der Waals surface area (Å²) in [6, 6.07) is 11.4. The van der Waals surface area contributed by atoms with Crippen molar-refractivity contribution in [1.29, 1.82) is 0 Å². The number of carboxylic acids is 1. The predicted molar refractivity (Wildman–Crippen MR) is 141 cm³/mol. The van der Waals surface area contributed by atoms with Crippen LogP contribution in [0.25, 0.3) is 0 Å². The Hall–Kier alpha value is -3.60. The Bertz CT molecular complexity index is 1110. The number of aliphatic carboxylic acids is 1. The highest BCUT2D eigenvalue weighted by atomic mass is 16.5. The van der Waals surface area contributed by atoms with Crippen LogP contribution < -0.4 is 9.47 Å². The van der Waals surface area contributed by atoms with Crippen LogP contribution in [0, 0.1) is 6.92 Å². The van der Waals surface area contributed by atoms with Gasteiger partial charge >= 0.3 is 5.97 Å². The second-order valence-electron chi connectivity index (χ2n) is 8.35. The zero-order valence-corrected chi connectivity index (χ0v) is 21.2. The van der Waals surface area contributed by atoms with E-state index in [9.17, 15) is 9.59 Å². The van der Waals surface area contributed by atoms with Crippen LogP contribution >= 0.6 is 0 Å². The lowest BCUT2D eigenvalue weighted by atomic mass is 9.96. The molecule has 0 heterocycles. The van der Waals surface area contributed by atoms with Crippen LogP contribution in [0.5, 0.6) is 11.5 Å². The molecule has 1 N–H and O–H groups in total. The number of rotatable bonds is 14. The molecular weight excluding hydrogens is 440 g/mol. The third-order valence-corrected chi connectivity index (χ3v) is 5.72. The van der Waals surface area contributed by atoms with Crippen molar-refractivity contribution in [3.05, 3.63) is 94.6 Å². The van der Waals surface area contributed by atoms with Gasteiger partial charge in [0.15, 0.2) is 5.78 Å². The molecule has 0 aromatic heterocycles. The van der Waals surface area contributed by atoms with Crippen molar-refractivity contribution in [3.63, 3.8) is 0 Å². The molecule has 35 heavy (non-hydrogen) atoms. The van der Waals surface area contributed by atoms with Gasteiger partial charge in [0.25, 0.3) is 0 Å². The second kappa shape index (κ2) is 14.0. The van der Waals surface area contributed by atoms with Crippen molar-refractivity contribution in [2.24, 2.45) is 0 Å². The molecule has 0 amide bonds. The van der Waals surface area contributed by atoms with E-state index in [1.54, 1.807) is 6.08 Å². The van der Waals surface area contributed by atoms with Crippen LogP contribution in [0.4, 0.5) is 0 Å². The monoisotopic (exact) mass is 476 g/mol. The molecule has 0 saturated carbocycles. The fraction of sp³-hybridized carbons (Fsp3) is 0.333. The molecule has 0 radical (unpaired) electrons. The van der Waals surface area contributed by atoms with Crippen molar-refractivity contribution < 1.29 is 24.2 Å². The predicted octanol–water partition coefficient (Wildman–Crippen LogP) is 6.68. The van der Waals surface area contributed by atoms with E-state index in [2.05, 4.69) is 13.5 Å². The second-order valence-corrected chi connectivity index (χ2v) is 8.35. The third kappa shape index (κ3) is 8.29. The zero-order valence-electron chi connectivity index (χ0n) is 21.2. The van der Waals surface area contributed by atoms with Crippen molar-refractivity contribution in [1.82, 2.24) is 0 Å². The van der Waals surface area contributed by atoms with Crippen LogP contribution in [-0.2, 0) is 17.6 Å². The van der Waals surface area contributed by atoms with E-state index >= 15 is 0 Å². The van der Waals surface area contributed by atoms with Gasteiger partial charge in [0, 0.05) is 18.4 Å². The van der Waals surface area contributed by atoms with Gasteiger partial charge in [-0.25, -0.2) is 0 Å². The van der Waals surface area contributed by atoms with Crippen LogP contribution in [0.15, 0.2) is 72.4 Å². The fourth-order valence-corrected chi connectivity index (χ4v) is 3.73. The van der Waals surface area contributed by atoms with Crippen LogP contribution in [0.1, 0.15) is 60.7 Å². The van der Waals surface area contributed by atoms with Gasteiger partial charge in [0.05, 0.1) is 18.8 Å². The van der Waals surface area contributed by atoms with E-state index in [1.165, 1.54) is 0 Å². The third-order valence-electron chi connectivity index (χ3n) is 5.72. The number of aryl methyl sites for hydroxylation is 3. The van der Waals surface area contributed by atoms with Gasteiger partial charge in [-0.3, -0.25) is 9.59 Å². The Morgan fingerprint density at radius 1 is 1.09 bits per heavy atom. The summed E-state index contributed by atoms with van der Waals surface area (Å²) in [4.78, 5) is 24.1. The number of hydrogen-bond acceptors (Lipinski definition) is 4. The van der Waals surface area contributed by atoms with Crippen molar-refractivity contribution in [2.45, 2.75) is 53.4 Å². The number of hydrogen-bond donors (Lipinski definition) is 1. The highest BCUT2D eigenvalue weighted by Crippen LogP contribution is 2.26. The Balaban J connectivity index is 2.01. The highest BCUT2D eigenvalue weighted by molar-refractivity contribution is 6.12. The number of allylic oxidation sites excluding steroid dienone is 5. The first-order chi connectivity index (χ1) is 16.8. The molecule has 0 atom stereocenters. The Labute approximate surface area is 208 Å². The average Bonchev–Trinajstić information content (AvgIpc) is 2.83. The number of carboxylic acid groups (broad SMARTS) is 1. The van der Waals surface area contributed by atoms with Gasteiger partial charge in [-0.15, -0.1) is 0 Å². The molecule has 2 rings (SSSR count). The van der Waals surface area contributed by atoms with Gasteiger partial charge in [0.1, 0.15) is 11.5 Å². The number of ether oxygens (including phenoxy) is 2. The van der Waals surface area contributed by atoms with E-state index in [1.807, 2.05) is 69.3 Å². The molecule has 0 fully saturated rings. The van der Waals surface area contributed by atoms with E-state index < -0.39 is 5.97 Å². The fourth-order valence-electron chi connectivity index (χ4n) is 3.73. The lowest BCUT2D eigenvalue weighted by molar-refractivity contribution is -0.136. The first kappa shape index (κ1) is 27.6. The Kier molecular flexibility index (Phi) is 11.0. The Morgan fingerprint density at radius 3 is 2.46 bits per heavy atom. The summed E-state index contributed by atoms with van der Waals surface area (Å²) in [6.45, 7) is 12.5. The molecule has 0 aliphatic carbocycles. The number of benzene rings is 2. The van der Waals surface area contributed by atoms with E-state index in [0.29, 0.717) is 42.9 Å². The molecule has 0 aliphatic heterocycles. The lowest BCUT2D eigenvalue weighted by Gasteiger charge is -2.14. The van der Waals surface area contributed by atoms with Gasteiger partial charge in [-0.05, 0) is 80.1 Å². The quantitative estimate of drug-likeness (QED) is 0.142. The molecule has 0 bridgehead atoms. The first-order valence-corrected chi connectivity index (χ1v) is 12.0. The average molecular weight is 477 g/mol.